The van der Waals surface area contributed by atoms with Gasteiger partial charge in [0.1, 0.15) is 11.4 Å². The second-order valence-corrected chi connectivity index (χ2v) is 5.34. The summed E-state index contributed by atoms with van der Waals surface area (Å²) >= 11 is 0. The quantitative estimate of drug-likeness (QED) is 0.618. The van der Waals surface area contributed by atoms with Gasteiger partial charge in [0.25, 0.3) is 5.91 Å². The van der Waals surface area contributed by atoms with Gasteiger partial charge in [0.05, 0.1) is 23.8 Å². The van der Waals surface area contributed by atoms with Gasteiger partial charge in [-0.15, -0.1) is 0 Å². The Balaban J connectivity index is 1.76. The van der Waals surface area contributed by atoms with E-state index < -0.39 is 0 Å². The molecule has 25 heavy (non-hydrogen) atoms. The van der Waals surface area contributed by atoms with Crippen LogP contribution in [0.3, 0.4) is 0 Å². The van der Waals surface area contributed by atoms with Crippen molar-refractivity contribution in [3.63, 3.8) is 0 Å². The highest BCUT2D eigenvalue weighted by atomic mass is 16.3. The fourth-order valence-corrected chi connectivity index (χ4v) is 2.49. The predicted molar refractivity (Wildman–Crippen MR) is 93.5 cm³/mol. The lowest BCUT2D eigenvalue weighted by Crippen LogP contribution is -2.17. The van der Waals surface area contributed by atoms with Crippen LogP contribution >= 0.6 is 0 Å². The van der Waals surface area contributed by atoms with Crippen LogP contribution in [0.4, 0.5) is 5.69 Å². The highest BCUT2D eigenvalue weighted by Gasteiger charge is 2.18. The number of pyridine rings is 1. The van der Waals surface area contributed by atoms with Crippen LogP contribution in [0.2, 0.25) is 0 Å². The molecular formula is C19H14N4O2. The number of rotatable bonds is 4. The Labute approximate surface area is 143 Å². The fourth-order valence-electron chi connectivity index (χ4n) is 2.49. The van der Waals surface area contributed by atoms with E-state index in [2.05, 4.69) is 15.4 Å². The van der Waals surface area contributed by atoms with Gasteiger partial charge >= 0.3 is 0 Å². The van der Waals surface area contributed by atoms with E-state index >= 15 is 0 Å². The summed E-state index contributed by atoms with van der Waals surface area (Å²) in [5, 5.41) is 7.37. The van der Waals surface area contributed by atoms with Crippen LogP contribution in [0.15, 0.2) is 83.7 Å². The molecule has 4 aromatic rings. The van der Waals surface area contributed by atoms with Crippen molar-refractivity contribution in [2.24, 2.45) is 0 Å². The number of carbonyl (C=O) groups excluding carboxylic acids is 1. The summed E-state index contributed by atoms with van der Waals surface area (Å²) in [4.78, 5) is 16.8. The Bertz CT molecular complexity index is 977. The smallest absolute Gasteiger partial charge is 0.274 e. The van der Waals surface area contributed by atoms with E-state index in [1.807, 2.05) is 30.3 Å². The molecule has 3 heterocycles. The topological polar surface area (TPSA) is 73.0 Å². The van der Waals surface area contributed by atoms with Crippen molar-refractivity contribution in [1.29, 1.82) is 0 Å². The molecule has 0 saturated carbocycles. The average molecular weight is 330 g/mol. The first-order chi connectivity index (χ1) is 12.3. The number of nitrogens with zero attached hydrogens (tertiary/aromatic N) is 3. The maximum atomic E-state index is 12.8. The third-order valence-electron chi connectivity index (χ3n) is 3.64. The maximum absolute atomic E-state index is 12.8. The summed E-state index contributed by atoms with van der Waals surface area (Å²) in [7, 11) is 0. The number of hydrogen-bond acceptors (Lipinski definition) is 4. The molecule has 3 aromatic heterocycles. The molecule has 0 spiro atoms. The summed E-state index contributed by atoms with van der Waals surface area (Å²) in [6.45, 7) is 0. The lowest BCUT2D eigenvalue weighted by molar-refractivity contribution is 0.101. The number of anilines is 1. The van der Waals surface area contributed by atoms with Crippen LogP contribution in [0.25, 0.3) is 17.1 Å². The van der Waals surface area contributed by atoms with E-state index in [0.717, 1.165) is 5.69 Å². The van der Waals surface area contributed by atoms with Crippen LogP contribution in [0.5, 0.6) is 0 Å². The number of aromatic nitrogens is 3. The number of amides is 1. The van der Waals surface area contributed by atoms with Gasteiger partial charge in [-0.3, -0.25) is 9.78 Å². The minimum Gasteiger partial charge on any atom is -0.463 e. The fraction of sp³-hybridized carbons (Fsp3) is 0. The molecule has 0 aliphatic carbocycles. The van der Waals surface area contributed by atoms with Crippen LogP contribution in [0.1, 0.15) is 10.5 Å². The van der Waals surface area contributed by atoms with Crippen molar-refractivity contribution >= 4 is 11.6 Å². The molecule has 0 saturated heterocycles. The van der Waals surface area contributed by atoms with E-state index in [0.29, 0.717) is 22.8 Å². The minimum atomic E-state index is -0.276. The van der Waals surface area contributed by atoms with Crippen LogP contribution in [-0.4, -0.2) is 20.7 Å². The van der Waals surface area contributed by atoms with Crippen molar-refractivity contribution < 1.29 is 9.21 Å². The van der Waals surface area contributed by atoms with E-state index in [-0.39, 0.29) is 5.91 Å². The van der Waals surface area contributed by atoms with Crippen molar-refractivity contribution in [3.8, 4) is 17.1 Å². The number of hydrogen-bond donors (Lipinski definition) is 1. The summed E-state index contributed by atoms with van der Waals surface area (Å²) in [6, 6.07) is 18.3. The molecule has 1 aromatic carbocycles. The third-order valence-corrected chi connectivity index (χ3v) is 3.64. The Morgan fingerprint density at radius 1 is 1.04 bits per heavy atom. The van der Waals surface area contributed by atoms with Gasteiger partial charge in [-0.25, -0.2) is 4.68 Å². The van der Waals surface area contributed by atoms with Gasteiger partial charge in [-0.05, 0) is 36.4 Å². The Morgan fingerprint density at radius 3 is 2.64 bits per heavy atom. The molecule has 4 rings (SSSR count). The summed E-state index contributed by atoms with van der Waals surface area (Å²) < 4.78 is 7.00. The third kappa shape index (κ3) is 3.05. The Morgan fingerprint density at radius 2 is 1.92 bits per heavy atom. The zero-order chi connectivity index (χ0) is 17.1. The molecule has 122 valence electrons. The largest absolute Gasteiger partial charge is 0.463 e. The van der Waals surface area contributed by atoms with Crippen LogP contribution < -0.4 is 5.32 Å². The highest BCUT2D eigenvalue weighted by molar-refractivity contribution is 6.04. The van der Waals surface area contributed by atoms with Gasteiger partial charge in [0.15, 0.2) is 5.76 Å². The molecule has 1 amide bonds. The van der Waals surface area contributed by atoms with Gasteiger partial charge in [0, 0.05) is 12.3 Å². The minimum absolute atomic E-state index is 0.276. The number of nitrogens with one attached hydrogen (secondary N) is 1. The highest BCUT2D eigenvalue weighted by Crippen LogP contribution is 2.22. The summed E-state index contributed by atoms with van der Waals surface area (Å²) in [6.07, 6.45) is 4.82. The lowest BCUT2D eigenvalue weighted by Gasteiger charge is -2.07. The van der Waals surface area contributed by atoms with Crippen molar-refractivity contribution in [2.75, 3.05) is 5.32 Å². The molecule has 0 fully saturated rings. The molecule has 6 heteroatoms. The standard InChI is InChI=1S/C19H14N4O2/c24-19(21-14-6-4-10-20-13-14)17-12-16(18-9-5-11-25-18)22-23(17)15-7-2-1-3-8-15/h1-13H,(H,21,24). The van der Waals surface area contributed by atoms with Crippen molar-refractivity contribution in [3.05, 3.63) is 85.0 Å². The second kappa shape index (κ2) is 6.45. The summed E-state index contributed by atoms with van der Waals surface area (Å²) in [5.41, 5.74) is 2.40. The number of para-hydroxylation sites is 1. The molecule has 0 bridgehead atoms. The van der Waals surface area contributed by atoms with Gasteiger partial charge in [-0.2, -0.15) is 5.10 Å². The molecule has 0 aliphatic rings. The Hall–Kier alpha value is -3.67. The molecule has 6 nitrogen and oxygen atoms in total. The van der Waals surface area contributed by atoms with Gasteiger partial charge in [-0.1, -0.05) is 18.2 Å². The first kappa shape index (κ1) is 14.9. The van der Waals surface area contributed by atoms with Gasteiger partial charge in [0.2, 0.25) is 0 Å². The molecule has 0 unspecified atom stereocenters. The number of furan rings is 1. The van der Waals surface area contributed by atoms with Crippen LogP contribution in [0, 0.1) is 0 Å². The van der Waals surface area contributed by atoms with Crippen molar-refractivity contribution in [2.45, 2.75) is 0 Å². The Kier molecular flexibility index (Phi) is 3.84. The molecule has 0 radical (unpaired) electrons. The SMILES string of the molecule is O=C(Nc1cccnc1)c1cc(-c2ccco2)nn1-c1ccccc1. The van der Waals surface area contributed by atoms with E-state index in [1.165, 1.54) is 0 Å². The van der Waals surface area contributed by atoms with E-state index in [1.54, 1.807) is 53.7 Å². The predicted octanol–water partition coefficient (Wildman–Crippen LogP) is 3.78. The van der Waals surface area contributed by atoms with Crippen LogP contribution in [-0.2, 0) is 0 Å². The average Bonchev–Trinajstić information content (AvgIpc) is 3.33. The summed E-state index contributed by atoms with van der Waals surface area (Å²) in [5.74, 6) is 0.326. The molecular weight excluding hydrogens is 316 g/mol. The zero-order valence-electron chi connectivity index (χ0n) is 13.2. The maximum Gasteiger partial charge on any atom is 0.274 e. The number of carbonyl (C=O) groups is 1. The monoisotopic (exact) mass is 330 g/mol. The molecule has 1 N–H and O–H groups in total. The van der Waals surface area contributed by atoms with E-state index in [4.69, 9.17) is 4.42 Å². The van der Waals surface area contributed by atoms with Gasteiger partial charge < -0.3 is 9.73 Å². The molecule has 0 aliphatic heterocycles. The lowest BCUT2D eigenvalue weighted by atomic mass is 10.2. The zero-order valence-corrected chi connectivity index (χ0v) is 13.2. The second-order valence-electron chi connectivity index (χ2n) is 5.34. The first-order valence-corrected chi connectivity index (χ1v) is 7.72. The van der Waals surface area contributed by atoms with Crippen molar-refractivity contribution in [1.82, 2.24) is 14.8 Å². The first-order valence-electron chi connectivity index (χ1n) is 7.72. The number of benzene rings is 1. The molecule has 0 atom stereocenters. The van der Waals surface area contributed by atoms with E-state index in [9.17, 15) is 4.79 Å². The normalized spacial score (nSPS) is 10.6.